The molecule has 3 aliphatic heterocycles. The zero-order valence-corrected chi connectivity index (χ0v) is 16.8. The van der Waals surface area contributed by atoms with E-state index in [1.54, 1.807) is 0 Å². The topological polar surface area (TPSA) is 99.0 Å². The van der Waals surface area contributed by atoms with Gasteiger partial charge < -0.3 is 20.7 Å². The fourth-order valence-corrected chi connectivity index (χ4v) is 5.20. The minimum atomic E-state index is 0.190. The van der Waals surface area contributed by atoms with Crippen LogP contribution in [0.2, 0.25) is 5.02 Å². The standard InChI is InChI=1S/C19H23ClN8O/c20-13-1-4-15-12(5-13)6-25(14-2-3-14)7-16-22-23-18(28(15)16)27-10-19(11-27)8-26(9-19)17(21)24-29/h1,4-5,14,29H,2-3,6-11H2,(H2,21,24). The number of guanidine groups is 1. The van der Waals surface area contributed by atoms with Gasteiger partial charge in [0.1, 0.15) is 0 Å². The van der Waals surface area contributed by atoms with E-state index in [9.17, 15) is 0 Å². The summed E-state index contributed by atoms with van der Waals surface area (Å²) in [5, 5.41) is 21.8. The third kappa shape index (κ3) is 2.67. The number of anilines is 1. The molecule has 1 spiro atoms. The van der Waals surface area contributed by atoms with Crippen LogP contribution in [-0.2, 0) is 13.1 Å². The van der Waals surface area contributed by atoms with E-state index in [0.717, 1.165) is 61.8 Å². The Bertz CT molecular complexity index is 1000. The second-order valence-electron chi connectivity index (χ2n) is 8.83. The molecule has 0 radical (unpaired) electrons. The monoisotopic (exact) mass is 414 g/mol. The van der Waals surface area contributed by atoms with Crippen molar-refractivity contribution >= 4 is 23.5 Å². The molecule has 2 aromatic rings. The molecular formula is C19H23ClN8O. The second kappa shape index (κ2) is 5.99. The lowest BCUT2D eigenvalue weighted by Crippen LogP contribution is -2.74. The summed E-state index contributed by atoms with van der Waals surface area (Å²) in [6.45, 7) is 5.11. The Morgan fingerprint density at radius 1 is 1.17 bits per heavy atom. The molecule has 2 saturated heterocycles. The zero-order valence-electron chi connectivity index (χ0n) is 16.0. The number of halogens is 1. The van der Waals surface area contributed by atoms with Crippen molar-refractivity contribution in [2.45, 2.75) is 32.0 Å². The Labute approximate surface area is 173 Å². The summed E-state index contributed by atoms with van der Waals surface area (Å²) >= 11 is 6.32. The average Bonchev–Trinajstić information content (AvgIpc) is 3.43. The quantitative estimate of drug-likeness (QED) is 0.330. The number of aromatic nitrogens is 3. The van der Waals surface area contributed by atoms with Gasteiger partial charge in [0.15, 0.2) is 5.82 Å². The Morgan fingerprint density at radius 2 is 1.97 bits per heavy atom. The van der Waals surface area contributed by atoms with Crippen molar-refractivity contribution in [1.29, 1.82) is 0 Å². The number of hydrogen-bond donors (Lipinski definition) is 2. The van der Waals surface area contributed by atoms with Gasteiger partial charge in [-0.05, 0) is 36.6 Å². The van der Waals surface area contributed by atoms with Crippen LogP contribution in [0.25, 0.3) is 5.69 Å². The van der Waals surface area contributed by atoms with Crippen LogP contribution in [0.15, 0.2) is 23.4 Å². The maximum atomic E-state index is 8.85. The summed E-state index contributed by atoms with van der Waals surface area (Å²) in [5.74, 6) is 2.08. The predicted octanol–water partition coefficient (Wildman–Crippen LogP) is 1.22. The van der Waals surface area contributed by atoms with Crippen LogP contribution in [0, 0.1) is 5.41 Å². The lowest BCUT2D eigenvalue weighted by atomic mass is 9.73. The first-order valence-corrected chi connectivity index (χ1v) is 10.4. The summed E-state index contributed by atoms with van der Waals surface area (Å²) in [6.07, 6.45) is 2.50. The molecule has 0 amide bonds. The second-order valence-corrected chi connectivity index (χ2v) is 9.27. The van der Waals surface area contributed by atoms with Gasteiger partial charge in [0.2, 0.25) is 11.9 Å². The summed E-state index contributed by atoms with van der Waals surface area (Å²) in [6, 6.07) is 6.74. The molecular weight excluding hydrogens is 392 g/mol. The number of rotatable bonds is 2. The molecule has 3 fully saturated rings. The molecule has 0 bridgehead atoms. The van der Waals surface area contributed by atoms with Crippen molar-refractivity contribution in [2.75, 3.05) is 31.1 Å². The normalized spacial score (nSPS) is 23.3. The highest BCUT2D eigenvalue weighted by atomic mass is 35.5. The molecule has 1 saturated carbocycles. The Morgan fingerprint density at radius 3 is 2.69 bits per heavy atom. The van der Waals surface area contributed by atoms with Crippen LogP contribution in [0.4, 0.5) is 5.95 Å². The average molecular weight is 415 g/mol. The molecule has 1 aliphatic carbocycles. The molecule has 152 valence electrons. The maximum absolute atomic E-state index is 8.85. The smallest absolute Gasteiger partial charge is 0.233 e. The van der Waals surface area contributed by atoms with Crippen LogP contribution in [-0.4, -0.2) is 68.0 Å². The van der Waals surface area contributed by atoms with E-state index in [1.165, 1.54) is 18.4 Å². The van der Waals surface area contributed by atoms with E-state index < -0.39 is 0 Å². The minimum Gasteiger partial charge on any atom is -0.408 e. The maximum Gasteiger partial charge on any atom is 0.233 e. The summed E-state index contributed by atoms with van der Waals surface area (Å²) in [5.41, 5.74) is 8.23. The molecule has 1 aromatic carbocycles. The fraction of sp³-hybridized carbons (Fsp3) is 0.526. The predicted molar refractivity (Wildman–Crippen MR) is 108 cm³/mol. The summed E-state index contributed by atoms with van der Waals surface area (Å²) < 4.78 is 2.21. The third-order valence-electron chi connectivity index (χ3n) is 6.59. The molecule has 29 heavy (non-hydrogen) atoms. The highest BCUT2D eigenvalue weighted by Gasteiger charge is 2.54. The van der Waals surface area contributed by atoms with Crippen molar-refractivity contribution in [2.24, 2.45) is 16.3 Å². The first-order valence-electron chi connectivity index (χ1n) is 10.00. The molecule has 1 aromatic heterocycles. The number of oxime groups is 1. The number of hydrogen-bond acceptors (Lipinski definition) is 6. The van der Waals surface area contributed by atoms with Crippen molar-refractivity contribution in [3.63, 3.8) is 0 Å². The van der Waals surface area contributed by atoms with Crippen LogP contribution in [0.3, 0.4) is 0 Å². The van der Waals surface area contributed by atoms with Crippen LogP contribution in [0.1, 0.15) is 24.2 Å². The van der Waals surface area contributed by atoms with E-state index in [1.807, 2.05) is 11.0 Å². The molecule has 0 unspecified atom stereocenters. The molecule has 3 N–H and O–H groups in total. The van der Waals surface area contributed by atoms with Gasteiger partial charge in [-0.25, -0.2) is 0 Å². The molecule has 4 aliphatic rings. The molecule has 10 heteroatoms. The SMILES string of the molecule is N/C(=N\O)N1CC2(C1)CN(c1nnc3n1-c1ccc(Cl)cc1CN(C1CC1)C3)C2. The Kier molecular flexibility index (Phi) is 3.58. The van der Waals surface area contributed by atoms with E-state index in [2.05, 4.69) is 41.9 Å². The number of likely N-dealkylation sites (tertiary alicyclic amines) is 1. The van der Waals surface area contributed by atoms with Gasteiger partial charge in [0.05, 0.1) is 12.2 Å². The van der Waals surface area contributed by atoms with E-state index in [0.29, 0.717) is 6.04 Å². The molecule has 4 heterocycles. The highest BCUT2D eigenvalue weighted by molar-refractivity contribution is 6.30. The highest BCUT2D eigenvalue weighted by Crippen LogP contribution is 2.43. The number of nitrogens with two attached hydrogens (primary N) is 1. The van der Waals surface area contributed by atoms with Gasteiger partial charge in [-0.15, -0.1) is 10.2 Å². The Balaban J connectivity index is 1.30. The Hall–Kier alpha value is -2.52. The molecule has 9 nitrogen and oxygen atoms in total. The van der Waals surface area contributed by atoms with E-state index >= 15 is 0 Å². The van der Waals surface area contributed by atoms with Gasteiger partial charge in [-0.2, -0.15) is 0 Å². The lowest BCUT2D eigenvalue weighted by Gasteiger charge is -2.60. The molecule has 0 atom stereocenters. The van der Waals surface area contributed by atoms with Crippen molar-refractivity contribution < 1.29 is 5.21 Å². The summed E-state index contributed by atoms with van der Waals surface area (Å²) in [4.78, 5) is 6.67. The largest absolute Gasteiger partial charge is 0.408 e. The van der Waals surface area contributed by atoms with Crippen molar-refractivity contribution in [3.05, 3.63) is 34.6 Å². The van der Waals surface area contributed by atoms with Crippen molar-refractivity contribution in [3.8, 4) is 5.69 Å². The molecule has 6 rings (SSSR count). The van der Waals surface area contributed by atoms with Gasteiger partial charge >= 0.3 is 0 Å². The van der Waals surface area contributed by atoms with Gasteiger partial charge in [-0.1, -0.05) is 16.8 Å². The zero-order chi connectivity index (χ0) is 19.8. The van der Waals surface area contributed by atoms with Crippen LogP contribution >= 0.6 is 11.6 Å². The first-order chi connectivity index (χ1) is 14.0. The van der Waals surface area contributed by atoms with E-state index in [-0.39, 0.29) is 11.4 Å². The summed E-state index contributed by atoms with van der Waals surface area (Å²) in [7, 11) is 0. The van der Waals surface area contributed by atoms with Gasteiger partial charge in [-0.3, -0.25) is 9.47 Å². The van der Waals surface area contributed by atoms with Gasteiger partial charge in [0, 0.05) is 49.2 Å². The number of fused-ring (bicyclic) bond motifs is 3. The van der Waals surface area contributed by atoms with Crippen LogP contribution < -0.4 is 10.6 Å². The minimum absolute atomic E-state index is 0.190. The number of benzene rings is 1. The number of nitrogens with zero attached hydrogens (tertiary/aromatic N) is 7. The van der Waals surface area contributed by atoms with Crippen molar-refractivity contribution in [1.82, 2.24) is 24.6 Å². The third-order valence-corrected chi connectivity index (χ3v) is 6.83. The van der Waals surface area contributed by atoms with Gasteiger partial charge in [0.25, 0.3) is 0 Å². The van der Waals surface area contributed by atoms with Crippen LogP contribution in [0.5, 0.6) is 0 Å². The van der Waals surface area contributed by atoms with E-state index in [4.69, 9.17) is 22.5 Å². The fourth-order valence-electron chi connectivity index (χ4n) is 5.01. The first kappa shape index (κ1) is 17.3. The lowest BCUT2D eigenvalue weighted by molar-refractivity contribution is 0.0248.